The normalized spacial score (nSPS) is 10.1. The number of hydrogen-bond acceptors (Lipinski definition) is 6. The molecule has 6 N–H and O–H groups in total. The lowest BCUT2D eigenvalue weighted by Gasteiger charge is -2.13. The molecule has 2 aromatic rings. The fourth-order valence-corrected chi connectivity index (χ4v) is 4.40. The zero-order valence-corrected chi connectivity index (χ0v) is 18.6. The Hall–Kier alpha value is -1.36. The molecule has 0 fully saturated rings. The predicted molar refractivity (Wildman–Crippen MR) is 120 cm³/mol. The van der Waals surface area contributed by atoms with Gasteiger partial charge in [0.05, 0.1) is 7.11 Å². The van der Waals surface area contributed by atoms with E-state index in [-0.39, 0.29) is 33.1 Å². The van der Waals surface area contributed by atoms with Gasteiger partial charge in [0.2, 0.25) is 0 Å². The van der Waals surface area contributed by atoms with Gasteiger partial charge < -0.3 is 16.2 Å². The van der Waals surface area contributed by atoms with Gasteiger partial charge in [-0.1, -0.05) is 35.3 Å². The van der Waals surface area contributed by atoms with Crippen molar-refractivity contribution >= 4 is 62.6 Å². The Kier molecular flexibility index (Phi) is 10.1. The molecular weight excluding hydrogens is 471 g/mol. The van der Waals surface area contributed by atoms with Gasteiger partial charge in [-0.3, -0.25) is 10.8 Å². The molecule has 0 bridgehead atoms. The first-order valence-corrected chi connectivity index (χ1v) is 10.2. The van der Waals surface area contributed by atoms with Crippen LogP contribution >= 0.6 is 52.3 Å². The van der Waals surface area contributed by atoms with E-state index in [0.717, 1.165) is 38.4 Å². The van der Waals surface area contributed by atoms with Crippen molar-refractivity contribution in [3.8, 4) is 5.75 Å². The highest BCUT2D eigenvalue weighted by Gasteiger charge is 2.12. The van der Waals surface area contributed by atoms with Crippen LogP contribution in [0.2, 0.25) is 0 Å². The van der Waals surface area contributed by atoms with Crippen LogP contribution in [0.5, 0.6) is 5.75 Å². The van der Waals surface area contributed by atoms with Crippen LogP contribution in [0.3, 0.4) is 0 Å². The molecule has 27 heavy (non-hydrogen) atoms. The molecule has 0 spiro atoms. The van der Waals surface area contributed by atoms with Gasteiger partial charge in [0.25, 0.3) is 0 Å². The Morgan fingerprint density at radius 2 is 1.48 bits per heavy atom. The Morgan fingerprint density at radius 1 is 0.963 bits per heavy atom. The highest BCUT2D eigenvalue weighted by atomic mass is 79.9. The van der Waals surface area contributed by atoms with E-state index >= 15 is 0 Å². The summed E-state index contributed by atoms with van der Waals surface area (Å²) in [5, 5.41) is 14.8. The van der Waals surface area contributed by atoms with Crippen molar-refractivity contribution in [2.75, 3.05) is 7.11 Å². The summed E-state index contributed by atoms with van der Waals surface area (Å²) >= 11 is 3.89. The first-order chi connectivity index (χ1) is 12.4. The van der Waals surface area contributed by atoms with Gasteiger partial charge in [0, 0.05) is 21.3 Å². The lowest BCUT2D eigenvalue weighted by Crippen LogP contribution is -2.04. The third-order valence-electron chi connectivity index (χ3n) is 3.28. The first-order valence-electron chi connectivity index (χ1n) is 7.46. The number of nitrogens with one attached hydrogen (secondary N) is 2. The van der Waals surface area contributed by atoms with Crippen LogP contribution in [0, 0.1) is 16.6 Å². The number of thioether (sulfide) groups is 2. The van der Waals surface area contributed by atoms with Crippen molar-refractivity contribution in [1.29, 1.82) is 10.8 Å². The van der Waals surface area contributed by atoms with Gasteiger partial charge >= 0.3 is 0 Å². The van der Waals surface area contributed by atoms with E-state index in [2.05, 4.69) is 0 Å². The van der Waals surface area contributed by atoms with Crippen molar-refractivity contribution in [2.45, 2.75) is 21.3 Å². The molecule has 0 aliphatic rings. The highest BCUT2D eigenvalue weighted by molar-refractivity contribution is 8.93. The number of halogens is 2. The molecule has 5 nitrogen and oxygen atoms in total. The Labute approximate surface area is 181 Å². The van der Waals surface area contributed by atoms with Crippen LogP contribution in [-0.4, -0.2) is 17.4 Å². The molecule has 10 heteroatoms. The summed E-state index contributed by atoms with van der Waals surface area (Å²) in [5.41, 5.74) is 12.6. The molecule has 146 valence electrons. The number of amidine groups is 2. The van der Waals surface area contributed by atoms with E-state index in [1.54, 1.807) is 13.2 Å². The molecule has 0 atom stereocenters. The summed E-state index contributed by atoms with van der Waals surface area (Å²) in [6.07, 6.45) is 0. The van der Waals surface area contributed by atoms with Gasteiger partial charge in [0.15, 0.2) is 10.3 Å². The quantitative estimate of drug-likeness (QED) is 0.327. The van der Waals surface area contributed by atoms with Crippen LogP contribution in [0.4, 0.5) is 4.39 Å². The molecule has 0 amide bonds. The van der Waals surface area contributed by atoms with Crippen LogP contribution in [0.1, 0.15) is 11.1 Å². The maximum absolute atomic E-state index is 13.6. The Balaban J connectivity index is 0.00000364. The largest absolute Gasteiger partial charge is 0.497 e. The number of benzene rings is 2. The summed E-state index contributed by atoms with van der Waals surface area (Å²) in [5.74, 6) is 1.35. The lowest BCUT2D eigenvalue weighted by molar-refractivity contribution is 0.414. The second-order valence-corrected chi connectivity index (χ2v) is 8.25. The summed E-state index contributed by atoms with van der Waals surface area (Å²) in [6, 6.07) is 10.3. The number of methoxy groups -OCH3 is 1. The van der Waals surface area contributed by atoms with E-state index in [9.17, 15) is 4.39 Å². The van der Waals surface area contributed by atoms with Gasteiger partial charge in [-0.15, -0.1) is 17.0 Å². The van der Waals surface area contributed by atoms with E-state index in [4.69, 9.17) is 27.0 Å². The van der Waals surface area contributed by atoms with Gasteiger partial charge in [-0.25, -0.2) is 4.39 Å². The maximum Gasteiger partial charge on any atom is 0.151 e. The van der Waals surface area contributed by atoms with E-state index in [1.807, 2.05) is 18.2 Å². The average molecular weight is 491 g/mol. The van der Waals surface area contributed by atoms with Crippen LogP contribution < -0.4 is 16.2 Å². The minimum Gasteiger partial charge on any atom is -0.497 e. The molecule has 0 aliphatic heterocycles. The molecule has 0 radical (unpaired) electrons. The third-order valence-corrected chi connectivity index (χ3v) is 6.05. The van der Waals surface area contributed by atoms with E-state index in [0.29, 0.717) is 11.5 Å². The molecule has 0 saturated heterocycles. The molecule has 2 rings (SSSR count). The second-order valence-electron chi connectivity index (χ2n) is 5.13. The second kappa shape index (κ2) is 11.5. The van der Waals surface area contributed by atoms with Crippen molar-refractivity contribution < 1.29 is 9.13 Å². The minimum atomic E-state index is -0.324. The summed E-state index contributed by atoms with van der Waals surface area (Å²) < 4.78 is 18.9. The number of rotatable bonds is 7. The number of ether oxygens (including phenoxy) is 1. The monoisotopic (exact) mass is 490 g/mol. The van der Waals surface area contributed by atoms with Crippen molar-refractivity contribution in [3.05, 3.63) is 53.3 Å². The molecule has 0 unspecified atom stereocenters. The molecule has 0 heterocycles. The van der Waals surface area contributed by atoms with Gasteiger partial charge in [-0.05, 0) is 47.5 Å². The fraction of sp³-hybridized carbons (Fsp3) is 0.176. The predicted octanol–water partition coefficient (Wildman–Crippen LogP) is 4.82. The standard InChI is InChI=1S/C17H19FN4OS3.BrH/c1-23-13-3-5-15(11(7-13)9-25-17(21)22)26-14-4-2-12(18)6-10(14)8-24-16(19)20;/h2-7H,8-9H2,1H3,(H3,19,20)(H3,21,22);1H. The third kappa shape index (κ3) is 7.65. The van der Waals surface area contributed by atoms with Crippen molar-refractivity contribution in [1.82, 2.24) is 0 Å². The Morgan fingerprint density at radius 3 is 2.00 bits per heavy atom. The topological polar surface area (TPSA) is 109 Å². The summed E-state index contributed by atoms with van der Waals surface area (Å²) in [6.45, 7) is 0. The molecule has 2 aromatic carbocycles. The molecule has 0 saturated carbocycles. The first kappa shape index (κ1) is 23.7. The summed E-state index contributed by atoms with van der Waals surface area (Å²) in [7, 11) is 1.60. The smallest absolute Gasteiger partial charge is 0.151 e. The van der Waals surface area contributed by atoms with E-state index in [1.165, 1.54) is 35.7 Å². The van der Waals surface area contributed by atoms with Gasteiger partial charge in [-0.2, -0.15) is 0 Å². The van der Waals surface area contributed by atoms with Gasteiger partial charge in [0.1, 0.15) is 11.6 Å². The molecule has 0 aliphatic carbocycles. The number of hydrogen-bond donors (Lipinski definition) is 4. The average Bonchev–Trinajstić information content (AvgIpc) is 2.60. The molecule has 0 aromatic heterocycles. The van der Waals surface area contributed by atoms with E-state index < -0.39 is 0 Å². The van der Waals surface area contributed by atoms with Crippen LogP contribution in [0.25, 0.3) is 0 Å². The minimum absolute atomic E-state index is 0. The van der Waals surface area contributed by atoms with Crippen LogP contribution in [0.15, 0.2) is 46.2 Å². The molecular formula is C17H20BrFN4OS3. The fourth-order valence-electron chi connectivity index (χ4n) is 2.09. The zero-order valence-electron chi connectivity index (χ0n) is 14.5. The summed E-state index contributed by atoms with van der Waals surface area (Å²) in [4.78, 5) is 1.86. The maximum atomic E-state index is 13.6. The lowest BCUT2D eigenvalue weighted by atomic mass is 10.2. The van der Waals surface area contributed by atoms with Crippen molar-refractivity contribution in [3.63, 3.8) is 0 Å². The Bertz CT molecular complexity index is 823. The zero-order chi connectivity index (χ0) is 19.1. The number of nitrogens with two attached hydrogens (primary N) is 2. The van der Waals surface area contributed by atoms with Crippen LogP contribution in [-0.2, 0) is 11.5 Å². The SMILES string of the molecule is Br.COc1ccc(Sc2ccc(F)cc2CSC(=N)N)c(CSC(=N)N)c1. The van der Waals surface area contributed by atoms with Crippen molar-refractivity contribution in [2.24, 2.45) is 11.5 Å². The highest BCUT2D eigenvalue weighted by Crippen LogP contribution is 2.37.